The van der Waals surface area contributed by atoms with Crippen LogP contribution in [-0.4, -0.2) is 20.2 Å². The Hall–Kier alpha value is -0.640. The number of aromatic nitrogens is 4. The molecule has 1 fully saturated rings. The zero-order valence-electron chi connectivity index (χ0n) is 9.28. The van der Waals surface area contributed by atoms with Crippen LogP contribution in [-0.2, 0) is 5.88 Å². The molecule has 0 unspecified atom stereocenters. The minimum Gasteiger partial charge on any atom is -0.225 e. The third-order valence-electron chi connectivity index (χ3n) is 3.34. The summed E-state index contributed by atoms with van der Waals surface area (Å²) in [5.74, 6) is 1.19. The van der Waals surface area contributed by atoms with Crippen molar-refractivity contribution in [2.24, 2.45) is 5.41 Å². The van der Waals surface area contributed by atoms with Gasteiger partial charge >= 0.3 is 0 Å². The first-order chi connectivity index (χ1) is 7.12. The Labute approximate surface area is 95.0 Å². The predicted molar refractivity (Wildman–Crippen MR) is 58.7 cm³/mol. The standard InChI is InChI=1S/C10H17ClN4/c1-10(2)5-3-8(4-6-10)15-9(7-11)12-13-14-15/h8H,3-7H2,1-2H3. The number of nitrogens with zero attached hydrogens (tertiary/aromatic N) is 4. The lowest BCUT2D eigenvalue weighted by molar-refractivity contribution is 0.183. The molecule has 4 nitrogen and oxygen atoms in total. The molecule has 1 aromatic rings. The second-order valence-electron chi connectivity index (χ2n) is 5.07. The lowest BCUT2D eigenvalue weighted by atomic mass is 9.75. The fraction of sp³-hybridized carbons (Fsp3) is 0.900. The van der Waals surface area contributed by atoms with E-state index in [9.17, 15) is 0 Å². The summed E-state index contributed by atoms with van der Waals surface area (Å²) in [5, 5.41) is 11.6. The highest BCUT2D eigenvalue weighted by Gasteiger charge is 2.29. The summed E-state index contributed by atoms with van der Waals surface area (Å²) in [7, 11) is 0. The van der Waals surface area contributed by atoms with Gasteiger partial charge in [-0.2, -0.15) is 0 Å². The molecule has 0 aromatic carbocycles. The molecule has 1 aliphatic rings. The van der Waals surface area contributed by atoms with Gasteiger partial charge in [0.25, 0.3) is 0 Å². The highest BCUT2D eigenvalue weighted by atomic mass is 35.5. The maximum absolute atomic E-state index is 5.79. The molecular formula is C10H17ClN4. The normalized spacial score (nSPS) is 21.8. The number of hydrogen-bond acceptors (Lipinski definition) is 3. The van der Waals surface area contributed by atoms with Crippen molar-refractivity contribution in [3.63, 3.8) is 0 Å². The van der Waals surface area contributed by atoms with Gasteiger partial charge in [-0.25, -0.2) is 4.68 Å². The van der Waals surface area contributed by atoms with E-state index >= 15 is 0 Å². The van der Waals surface area contributed by atoms with Gasteiger partial charge in [-0.3, -0.25) is 0 Å². The van der Waals surface area contributed by atoms with Crippen molar-refractivity contribution >= 4 is 11.6 Å². The molecule has 84 valence electrons. The minimum atomic E-state index is 0.396. The molecule has 1 heterocycles. The van der Waals surface area contributed by atoms with Gasteiger partial charge < -0.3 is 0 Å². The second kappa shape index (κ2) is 4.08. The average Bonchev–Trinajstić information content (AvgIpc) is 2.65. The molecule has 0 aliphatic heterocycles. The highest BCUT2D eigenvalue weighted by molar-refractivity contribution is 6.16. The predicted octanol–water partition coefficient (Wildman–Crippen LogP) is 2.55. The Balaban J connectivity index is 2.07. The minimum absolute atomic E-state index is 0.396. The molecule has 2 rings (SSSR count). The molecule has 0 spiro atoms. The maximum Gasteiger partial charge on any atom is 0.166 e. The molecule has 0 N–H and O–H groups in total. The molecule has 0 radical (unpaired) electrons. The average molecular weight is 229 g/mol. The van der Waals surface area contributed by atoms with E-state index in [0.717, 1.165) is 18.7 Å². The summed E-state index contributed by atoms with van der Waals surface area (Å²) in [6.07, 6.45) is 4.78. The second-order valence-corrected chi connectivity index (χ2v) is 5.34. The van der Waals surface area contributed by atoms with E-state index in [1.165, 1.54) is 12.8 Å². The van der Waals surface area contributed by atoms with E-state index in [1.807, 2.05) is 4.68 Å². The first-order valence-electron chi connectivity index (χ1n) is 5.45. The summed E-state index contributed by atoms with van der Waals surface area (Å²) in [6.45, 7) is 4.65. The topological polar surface area (TPSA) is 43.6 Å². The van der Waals surface area contributed by atoms with Gasteiger partial charge in [0, 0.05) is 0 Å². The molecule has 1 aromatic heterocycles. The van der Waals surface area contributed by atoms with E-state index < -0.39 is 0 Å². The molecule has 5 heteroatoms. The third-order valence-corrected chi connectivity index (χ3v) is 3.57. The van der Waals surface area contributed by atoms with Crippen LogP contribution in [0.5, 0.6) is 0 Å². The van der Waals surface area contributed by atoms with Crippen LogP contribution in [0.15, 0.2) is 0 Å². The SMILES string of the molecule is CC1(C)CCC(n2nnnc2CCl)CC1. The molecule has 0 saturated heterocycles. The van der Waals surface area contributed by atoms with Gasteiger partial charge in [-0.1, -0.05) is 13.8 Å². The van der Waals surface area contributed by atoms with Crippen molar-refractivity contribution in [1.29, 1.82) is 0 Å². The molecule has 0 bridgehead atoms. The smallest absolute Gasteiger partial charge is 0.166 e. The number of hydrogen-bond donors (Lipinski definition) is 0. The van der Waals surface area contributed by atoms with E-state index in [0.29, 0.717) is 17.3 Å². The Bertz CT molecular complexity index is 324. The van der Waals surface area contributed by atoms with Crippen LogP contribution < -0.4 is 0 Å². The van der Waals surface area contributed by atoms with Crippen LogP contribution in [0.25, 0.3) is 0 Å². The fourth-order valence-corrected chi connectivity index (χ4v) is 2.39. The van der Waals surface area contributed by atoms with E-state index in [2.05, 4.69) is 29.4 Å². The van der Waals surface area contributed by atoms with Gasteiger partial charge in [-0.05, 0) is 41.5 Å². The van der Waals surface area contributed by atoms with Crippen molar-refractivity contribution in [1.82, 2.24) is 20.2 Å². The Kier molecular flexibility index (Phi) is 2.96. The Morgan fingerprint density at radius 3 is 2.67 bits per heavy atom. The van der Waals surface area contributed by atoms with Crippen molar-refractivity contribution in [3.05, 3.63) is 5.82 Å². The van der Waals surface area contributed by atoms with Gasteiger partial charge in [-0.15, -0.1) is 16.7 Å². The summed E-state index contributed by atoms with van der Waals surface area (Å²) < 4.78 is 1.90. The Morgan fingerprint density at radius 1 is 1.40 bits per heavy atom. The zero-order valence-corrected chi connectivity index (χ0v) is 10.0. The summed E-state index contributed by atoms with van der Waals surface area (Å²) in [6, 6.07) is 0.446. The monoisotopic (exact) mass is 228 g/mol. The van der Waals surface area contributed by atoms with Gasteiger partial charge in [0.1, 0.15) is 0 Å². The van der Waals surface area contributed by atoms with Crippen LogP contribution in [0.4, 0.5) is 0 Å². The number of rotatable bonds is 2. The van der Waals surface area contributed by atoms with Gasteiger partial charge in [0.15, 0.2) is 5.82 Å². The first-order valence-corrected chi connectivity index (χ1v) is 5.98. The number of alkyl halides is 1. The van der Waals surface area contributed by atoms with Crippen LogP contribution >= 0.6 is 11.6 Å². The lowest BCUT2D eigenvalue weighted by Gasteiger charge is -2.34. The molecule has 1 saturated carbocycles. The zero-order chi connectivity index (χ0) is 10.9. The number of tetrazole rings is 1. The van der Waals surface area contributed by atoms with Crippen molar-refractivity contribution < 1.29 is 0 Å². The molecule has 0 amide bonds. The summed E-state index contributed by atoms with van der Waals surface area (Å²) >= 11 is 5.79. The van der Waals surface area contributed by atoms with Crippen molar-refractivity contribution in [2.75, 3.05) is 0 Å². The Morgan fingerprint density at radius 2 is 2.07 bits per heavy atom. The third kappa shape index (κ3) is 2.30. The summed E-state index contributed by atoms with van der Waals surface area (Å²) in [5.41, 5.74) is 0.478. The van der Waals surface area contributed by atoms with Crippen molar-refractivity contribution in [2.45, 2.75) is 51.5 Å². The van der Waals surface area contributed by atoms with Gasteiger partial charge in [0.05, 0.1) is 11.9 Å². The van der Waals surface area contributed by atoms with E-state index in [1.54, 1.807) is 0 Å². The quantitative estimate of drug-likeness (QED) is 0.731. The van der Waals surface area contributed by atoms with Crippen LogP contribution in [0.2, 0.25) is 0 Å². The molecule has 0 atom stereocenters. The summed E-state index contributed by atoms with van der Waals surface area (Å²) in [4.78, 5) is 0. The maximum atomic E-state index is 5.79. The van der Waals surface area contributed by atoms with E-state index in [4.69, 9.17) is 11.6 Å². The van der Waals surface area contributed by atoms with E-state index in [-0.39, 0.29) is 0 Å². The van der Waals surface area contributed by atoms with Gasteiger partial charge in [0.2, 0.25) is 0 Å². The highest BCUT2D eigenvalue weighted by Crippen LogP contribution is 2.39. The lowest BCUT2D eigenvalue weighted by Crippen LogP contribution is -2.25. The first kappa shape index (κ1) is 10.9. The van der Waals surface area contributed by atoms with Crippen LogP contribution in [0, 0.1) is 5.41 Å². The van der Waals surface area contributed by atoms with Crippen molar-refractivity contribution in [3.8, 4) is 0 Å². The largest absolute Gasteiger partial charge is 0.225 e. The fourth-order valence-electron chi connectivity index (χ4n) is 2.21. The molecule has 1 aliphatic carbocycles. The number of halogens is 1. The molecule has 15 heavy (non-hydrogen) atoms. The molecular weight excluding hydrogens is 212 g/mol. The van der Waals surface area contributed by atoms with Crippen LogP contribution in [0.1, 0.15) is 51.4 Å². The van der Waals surface area contributed by atoms with Crippen LogP contribution in [0.3, 0.4) is 0 Å².